The van der Waals surface area contributed by atoms with Crippen LogP contribution in [0.2, 0.25) is 0 Å². The molecule has 0 heterocycles. The van der Waals surface area contributed by atoms with Gasteiger partial charge in [-0.3, -0.25) is 0 Å². The lowest BCUT2D eigenvalue weighted by molar-refractivity contribution is 0.130. The van der Waals surface area contributed by atoms with Crippen molar-refractivity contribution in [1.82, 2.24) is 0 Å². The Labute approximate surface area is 92.9 Å². The van der Waals surface area contributed by atoms with Gasteiger partial charge in [-0.2, -0.15) is 0 Å². The Morgan fingerprint density at radius 3 is 2.20 bits per heavy atom. The molecule has 0 aromatic carbocycles. The van der Waals surface area contributed by atoms with Crippen molar-refractivity contribution in [2.45, 2.75) is 33.1 Å². The molecule has 0 saturated heterocycles. The number of ether oxygens (including phenoxy) is 1. The number of rotatable bonds is 8. The Balaban J connectivity index is 0. The topological polar surface area (TPSA) is 81.8 Å². The van der Waals surface area contributed by atoms with E-state index in [0.717, 1.165) is 26.2 Å². The summed E-state index contributed by atoms with van der Waals surface area (Å²) >= 11 is 0. The van der Waals surface area contributed by atoms with E-state index in [0.29, 0.717) is 6.61 Å². The van der Waals surface area contributed by atoms with Gasteiger partial charge in [0.25, 0.3) is 0 Å². The van der Waals surface area contributed by atoms with Crippen LogP contribution in [-0.2, 0) is 13.8 Å². The molecular weight excluding hydrogens is 217 g/mol. The average Bonchev–Trinajstić information content (AvgIpc) is 2.18. The van der Waals surface area contributed by atoms with E-state index in [4.69, 9.17) is 15.4 Å². The Hall–Kier alpha value is -0.0600. The Bertz CT molecular complexity index is 129. The summed E-state index contributed by atoms with van der Waals surface area (Å²) in [6, 6.07) is 0. The first-order chi connectivity index (χ1) is 7.18. The van der Waals surface area contributed by atoms with Crippen LogP contribution in [0.25, 0.3) is 0 Å². The van der Waals surface area contributed by atoms with E-state index in [9.17, 15) is 4.57 Å². The molecule has 0 rings (SSSR count). The maximum absolute atomic E-state index is 9.53. The van der Waals surface area contributed by atoms with E-state index in [1.165, 1.54) is 12.8 Å². The molecule has 5 nitrogen and oxygen atoms in total. The van der Waals surface area contributed by atoms with Crippen LogP contribution in [0.1, 0.15) is 33.1 Å². The minimum absolute atomic E-state index is 0.297. The molecule has 92 valence electrons. The lowest BCUT2D eigenvalue weighted by atomic mass is 10.4. The largest absolute Gasteiger partial charge is 0.694 e. The van der Waals surface area contributed by atoms with Crippen molar-refractivity contribution in [3.05, 3.63) is 0 Å². The maximum atomic E-state index is 9.53. The predicted octanol–water partition coefficient (Wildman–Crippen LogP) is 1.82. The third-order valence-corrected chi connectivity index (χ3v) is 1.85. The molecule has 0 aromatic rings. The van der Waals surface area contributed by atoms with E-state index in [1.54, 1.807) is 6.92 Å². The third kappa shape index (κ3) is 24.9. The summed E-state index contributed by atoms with van der Waals surface area (Å²) in [7, 11) is -2.35. The molecule has 0 bridgehead atoms. The van der Waals surface area contributed by atoms with Gasteiger partial charge in [-0.05, 0) is 26.3 Å². The molecule has 0 amide bonds. The Kier molecular flexibility index (Phi) is 18.9. The normalized spacial score (nSPS) is 10.5. The van der Waals surface area contributed by atoms with Crippen LogP contribution >= 0.6 is 8.25 Å². The molecule has 3 N–H and O–H groups in total. The zero-order valence-electron chi connectivity index (χ0n) is 9.65. The highest BCUT2D eigenvalue weighted by Gasteiger charge is 2.06. The molecule has 0 spiro atoms. The van der Waals surface area contributed by atoms with Gasteiger partial charge in [0.15, 0.2) is 0 Å². The van der Waals surface area contributed by atoms with Gasteiger partial charge in [0.05, 0.1) is 0 Å². The summed E-state index contributed by atoms with van der Waals surface area (Å²) < 4.78 is 18.9. The van der Waals surface area contributed by atoms with E-state index in [-0.39, 0.29) is 0 Å². The number of hydrogen-bond donors (Lipinski definition) is 2. The van der Waals surface area contributed by atoms with Crippen molar-refractivity contribution < 1.29 is 18.7 Å². The SMILES string of the molecule is CCCCOCCCN.CCO[P+](=O)O. The Morgan fingerprint density at radius 2 is 1.87 bits per heavy atom. The summed E-state index contributed by atoms with van der Waals surface area (Å²) in [5.74, 6) is 0. The summed E-state index contributed by atoms with van der Waals surface area (Å²) in [4.78, 5) is 7.84. The second-order valence-electron chi connectivity index (χ2n) is 2.76. The molecule has 15 heavy (non-hydrogen) atoms. The van der Waals surface area contributed by atoms with Crippen LogP contribution in [0.4, 0.5) is 0 Å². The van der Waals surface area contributed by atoms with E-state index >= 15 is 0 Å². The van der Waals surface area contributed by atoms with Gasteiger partial charge >= 0.3 is 8.25 Å². The second kappa shape index (κ2) is 16.4. The summed E-state index contributed by atoms with van der Waals surface area (Å²) in [6.07, 6.45) is 3.37. The van der Waals surface area contributed by atoms with Crippen molar-refractivity contribution in [2.24, 2.45) is 5.73 Å². The fraction of sp³-hybridized carbons (Fsp3) is 1.00. The first-order valence-corrected chi connectivity index (χ1v) is 6.38. The van der Waals surface area contributed by atoms with Crippen LogP contribution < -0.4 is 5.73 Å². The molecule has 1 unspecified atom stereocenters. The van der Waals surface area contributed by atoms with E-state index in [2.05, 4.69) is 11.4 Å². The second-order valence-corrected chi connectivity index (χ2v) is 3.50. The van der Waals surface area contributed by atoms with Gasteiger partial charge in [-0.15, -0.1) is 9.42 Å². The predicted molar refractivity (Wildman–Crippen MR) is 60.8 cm³/mol. The molecule has 6 heteroatoms. The molecule has 0 aliphatic carbocycles. The van der Waals surface area contributed by atoms with Crippen LogP contribution in [-0.4, -0.2) is 31.3 Å². The van der Waals surface area contributed by atoms with Crippen molar-refractivity contribution in [1.29, 1.82) is 0 Å². The van der Waals surface area contributed by atoms with Crippen molar-refractivity contribution >= 4 is 8.25 Å². The standard InChI is InChI=1S/C7H17NO.C2H5O3P/c1-2-3-6-9-7-4-5-8;1-2-5-6(3)4/h2-8H2,1H3;2H2,1H3/p+1. The van der Waals surface area contributed by atoms with Crippen molar-refractivity contribution in [3.63, 3.8) is 0 Å². The van der Waals surface area contributed by atoms with Gasteiger partial charge in [0.1, 0.15) is 6.61 Å². The monoisotopic (exact) mass is 240 g/mol. The van der Waals surface area contributed by atoms with Gasteiger partial charge in [0.2, 0.25) is 0 Å². The van der Waals surface area contributed by atoms with Crippen molar-refractivity contribution in [3.8, 4) is 0 Å². The lowest BCUT2D eigenvalue weighted by Gasteiger charge is -1.99. The molecule has 0 fully saturated rings. The van der Waals surface area contributed by atoms with E-state index in [1.807, 2.05) is 0 Å². The number of unbranched alkanes of at least 4 members (excludes halogenated alkanes) is 1. The minimum atomic E-state index is -2.35. The van der Waals surface area contributed by atoms with Crippen LogP contribution in [0, 0.1) is 0 Å². The minimum Gasteiger partial charge on any atom is -0.381 e. The molecule has 0 aliphatic rings. The van der Waals surface area contributed by atoms with Gasteiger partial charge in [0, 0.05) is 17.8 Å². The quantitative estimate of drug-likeness (QED) is 0.499. The highest BCUT2D eigenvalue weighted by molar-refractivity contribution is 7.32. The average molecular weight is 240 g/mol. The van der Waals surface area contributed by atoms with Gasteiger partial charge in [-0.25, -0.2) is 0 Å². The molecule has 0 radical (unpaired) electrons. The third-order valence-electron chi connectivity index (χ3n) is 1.37. The number of hydrogen-bond acceptors (Lipinski definition) is 4. The van der Waals surface area contributed by atoms with Crippen LogP contribution in [0.3, 0.4) is 0 Å². The lowest BCUT2D eigenvalue weighted by Crippen LogP contribution is -2.04. The highest BCUT2D eigenvalue weighted by atomic mass is 31.1. The first-order valence-electron chi connectivity index (χ1n) is 5.25. The molecule has 1 atom stereocenters. The first kappa shape index (κ1) is 17.3. The summed E-state index contributed by atoms with van der Waals surface area (Å²) in [6.45, 7) is 6.58. The van der Waals surface area contributed by atoms with Crippen LogP contribution in [0.15, 0.2) is 0 Å². The zero-order chi connectivity index (χ0) is 11.9. The van der Waals surface area contributed by atoms with Gasteiger partial charge in [-0.1, -0.05) is 13.3 Å². The van der Waals surface area contributed by atoms with Gasteiger partial charge < -0.3 is 10.5 Å². The highest BCUT2D eigenvalue weighted by Crippen LogP contribution is 2.12. The zero-order valence-corrected chi connectivity index (χ0v) is 10.5. The molecule has 0 aliphatic heterocycles. The fourth-order valence-electron chi connectivity index (χ4n) is 0.644. The molecule has 0 saturated carbocycles. The Morgan fingerprint density at radius 1 is 1.27 bits per heavy atom. The maximum Gasteiger partial charge on any atom is 0.694 e. The summed E-state index contributed by atoms with van der Waals surface area (Å²) in [5, 5.41) is 0. The van der Waals surface area contributed by atoms with Crippen molar-refractivity contribution in [2.75, 3.05) is 26.4 Å². The van der Waals surface area contributed by atoms with E-state index < -0.39 is 8.25 Å². The molecule has 0 aromatic heterocycles. The fourth-order valence-corrected chi connectivity index (χ4v) is 0.865. The molecular formula is C9H23NO4P+. The smallest absolute Gasteiger partial charge is 0.381 e. The van der Waals surface area contributed by atoms with Crippen LogP contribution in [0.5, 0.6) is 0 Å². The summed E-state index contributed by atoms with van der Waals surface area (Å²) in [5.41, 5.74) is 5.26. The number of nitrogens with two attached hydrogens (primary N) is 1.